The molecule has 0 N–H and O–H groups in total. The van der Waals surface area contributed by atoms with Crippen LogP contribution in [-0.2, 0) is 0 Å². The Balaban J connectivity index is 1.70. The van der Waals surface area contributed by atoms with Crippen molar-refractivity contribution in [2.45, 2.75) is 25.7 Å². The maximum Gasteiger partial charge on any atom is 0.273 e. The van der Waals surface area contributed by atoms with Gasteiger partial charge in [0.05, 0.1) is 4.92 Å². The molecular weight excluding hydrogens is 312 g/mol. The number of thiophene rings is 1. The zero-order chi connectivity index (χ0) is 16.4. The first-order valence-electron chi connectivity index (χ1n) is 7.62. The first-order chi connectivity index (χ1) is 11.1. The molecule has 2 aromatic rings. The van der Waals surface area contributed by atoms with E-state index in [0.717, 1.165) is 12.8 Å². The fourth-order valence-electron chi connectivity index (χ4n) is 3.04. The van der Waals surface area contributed by atoms with Gasteiger partial charge < -0.3 is 4.90 Å². The highest BCUT2D eigenvalue weighted by molar-refractivity contribution is 7.07. The van der Waals surface area contributed by atoms with Crippen LogP contribution >= 0.6 is 11.3 Å². The molecule has 0 radical (unpaired) electrons. The standard InChI is InChI=1S/C17H18N2O3S/c1-12-2-3-14(10-16(12)19(21)22)17(20)18-7-4-13(5-8-18)15-6-9-23-11-15/h2-3,6,9-11,13H,4-5,7-8H2,1H3. The molecule has 1 amide bonds. The van der Waals surface area contributed by atoms with Crippen molar-refractivity contribution >= 4 is 22.9 Å². The lowest BCUT2D eigenvalue weighted by atomic mass is 9.91. The summed E-state index contributed by atoms with van der Waals surface area (Å²) < 4.78 is 0. The number of rotatable bonds is 3. The highest BCUT2D eigenvalue weighted by atomic mass is 32.1. The van der Waals surface area contributed by atoms with Crippen molar-refractivity contribution in [1.29, 1.82) is 0 Å². The summed E-state index contributed by atoms with van der Waals surface area (Å²) in [6, 6.07) is 6.86. The molecule has 6 heteroatoms. The molecule has 0 aliphatic carbocycles. The molecule has 1 aliphatic rings. The number of carbonyl (C=O) groups is 1. The number of hydrogen-bond donors (Lipinski definition) is 0. The van der Waals surface area contributed by atoms with Crippen LogP contribution in [0.1, 0.15) is 40.2 Å². The molecule has 120 valence electrons. The number of aryl methyl sites for hydroxylation is 1. The molecule has 0 bridgehead atoms. The van der Waals surface area contributed by atoms with Crippen LogP contribution in [0, 0.1) is 17.0 Å². The summed E-state index contributed by atoms with van der Waals surface area (Å²) in [5.41, 5.74) is 2.33. The van der Waals surface area contributed by atoms with E-state index in [2.05, 4.69) is 16.8 Å². The van der Waals surface area contributed by atoms with Crippen molar-refractivity contribution in [3.63, 3.8) is 0 Å². The number of piperidine rings is 1. The second-order valence-corrected chi connectivity index (χ2v) is 6.66. The molecule has 3 rings (SSSR count). The van der Waals surface area contributed by atoms with E-state index in [1.165, 1.54) is 11.6 Å². The molecule has 1 aromatic heterocycles. The summed E-state index contributed by atoms with van der Waals surface area (Å²) >= 11 is 1.70. The van der Waals surface area contributed by atoms with Gasteiger partial charge in [-0.25, -0.2) is 0 Å². The second-order valence-electron chi connectivity index (χ2n) is 5.88. The zero-order valence-electron chi connectivity index (χ0n) is 12.9. The van der Waals surface area contributed by atoms with Crippen LogP contribution in [0.3, 0.4) is 0 Å². The lowest BCUT2D eigenvalue weighted by Crippen LogP contribution is -2.37. The van der Waals surface area contributed by atoms with Gasteiger partial charge in [-0.3, -0.25) is 14.9 Å². The SMILES string of the molecule is Cc1ccc(C(=O)N2CCC(c3ccsc3)CC2)cc1[N+](=O)[O-]. The smallest absolute Gasteiger partial charge is 0.273 e. The summed E-state index contributed by atoms with van der Waals surface area (Å²) in [7, 11) is 0. The summed E-state index contributed by atoms with van der Waals surface area (Å²) in [6.07, 6.45) is 1.88. The van der Waals surface area contributed by atoms with Gasteiger partial charge >= 0.3 is 0 Å². The lowest BCUT2D eigenvalue weighted by molar-refractivity contribution is -0.385. The van der Waals surface area contributed by atoms with Crippen LogP contribution < -0.4 is 0 Å². The van der Waals surface area contributed by atoms with Gasteiger partial charge in [-0.05, 0) is 54.1 Å². The third kappa shape index (κ3) is 3.27. The van der Waals surface area contributed by atoms with E-state index in [0.29, 0.717) is 30.1 Å². The van der Waals surface area contributed by atoms with Crippen molar-refractivity contribution < 1.29 is 9.72 Å². The molecule has 0 spiro atoms. The van der Waals surface area contributed by atoms with E-state index < -0.39 is 4.92 Å². The van der Waals surface area contributed by atoms with Crippen LogP contribution in [0.5, 0.6) is 0 Å². The maximum absolute atomic E-state index is 12.6. The van der Waals surface area contributed by atoms with E-state index in [4.69, 9.17) is 0 Å². The Morgan fingerprint density at radius 2 is 2.04 bits per heavy atom. The first kappa shape index (κ1) is 15.7. The number of benzene rings is 1. The van der Waals surface area contributed by atoms with E-state index in [1.807, 2.05) is 0 Å². The van der Waals surface area contributed by atoms with Gasteiger partial charge in [-0.2, -0.15) is 11.3 Å². The van der Waals surface area contributed by atoms with Gasteiger partial charge in [0.15, 0.2) is 0 Å². The van der Waals surface area contributed by atoms with Crippen molar-refractivity contribution in [2.24, 2.45) is 0 Å². The molecular formula is C17H18N2O3S. The Kier molecular flexibility index (Phi) is 4.43. The third-order valence-electron chi connectivity index (χ3n) is 4.45. The highest BCUT2D eigenvalue weighted by Gasteiger charge is 2.26. The highest BCUT2D eigenvalue weighted by Crippen LogP contribution is 2.30. The summed E-state index contributed by atoms with van der Waals surface area (Å²) in [6.45, 7) is 3.07. The van der Waals surface area contributed by atoms with E-state index >= 15 is 0 Å². The topological polar surface area (TPSA) is 63.5 Å². The molecule has 23 heavy (non-hydrogen) atoms. The number of nitro benzene ring substituents is 1. The number of nitro groups is 1. The number of likely N-dealkylation sites (tertiary alicyclic amines) is 1. The van der Waals surface area contributed by atoms with Crippen LogP contribution in [0.25, 0.3) is 0 Å². The molecule has 1 fully saturated rings. The normalized spacial score (nSPS) is 15.6. The molecule has 2 heterocycles. The maximum atomic E-state index is 12.6. The molecule has 1 aromatic carbocycles. The quantitative estimate of drug-likeness (QED) is 0.631. The lowest BCUT2D eigenvalue weighted by Gasteiger charge is -2.31. The molecule has 0 saturated carbocycles. The molecule has 1 saturated heterocycles. The van der Waals surface area contributed by atoms with Gasteiger partial charge in [0.25, 0.3) is 11.6 Å². The van der Waals surface area contributed by atoms with Gasteiger partial charge in [0.2, 0.25) is 0 Å². The fourth-order valence-corrected chi connectivity index (χ4v) is 3.79. The van der Waals surface area contributed by atoms with Gasteiger partial charge in [-0.15, -0.1) is 0 Å². The number of amides is 1. The van der Waals surface area contributed by atoms with Crippen LogP contribution in [0.4, 0.5) is 5.69 Å². The molecule has 5 nitrogen and oxygen atoms in total. The number of hydrogen-bond acceptors (Lipinski definition) is 4. The second kappa shape index (κ2) is 6.50. The minimum absolute atomic E-state index is 0.00371. The molecule has 0 unspecified atom stereocenters. The van der Waals surface area contributed by atoms with Crippen molar-refractivity contribution in [3.8, 4) is 0 Å². The number of nitrogens with zero attached hydrogens (tertiary/aromatic N) is 2. The summed E-state index contributed by atoms with van der Waals surface area (Å²) in [5, 5.41) is 15.3. The molecule has 1 aliphatic heterocycles. The number of carbonyl (C=O) groups excluding carboxylic acids is 1. The summed E-state index contributed by atoms with van der Waals surface area (Å²) in [4.78, 5) is 25.0. The Morgan fingerprint density at radius 3 is 2.65 bits per heavy atom. The first-order valence-corrected chi connectivity index (χ1v) is 8.57. The van der Waals surface area contributed by atoms with Crippen molar-refractivity contribution in [1.82, 2.24) is 4.90 Å². The Labute approximate surface area is 138 Å². The Morgan fingerprint density at radius 1 is 1.30 bits per heavy atom. The average Bonchev–Trinajstić information content (AvgIpc) is 3.09. The van der Waals surface area contributed by atoms with Crippen molar-refractivity contribution in [3.05, 3.63) is 61.8 Å². The van der Waals surface area contributed by atoms with Gasteiger partial charge in [0.1, 0.15) is 0 Å². The minimum atomic E-state index is -0.436. The van der Waals surface area contributed by atoms with E-state index in [1.54, 1.807) is 35.3 Å². The van der Waals surface area contributed by atoms with Crippen LogP contribution in [0.15, 0.2) is 35.0 Å². The van der Waals surface area contributed by atoms with E-state index in [-0.39, 0.29) is 11.6 Å². The third-order valence-corrected chi connectivity index (χ3v) is 5.15. The van der Waals surface area contributed by atoms with Gasteiger partial charge in [0, 0.05) is 30.3 Å². The van der Waals surface area contributed by atoms with Crippen LogP contribution in [-0.4, -0.2) is 28.8 Å². The van der Waals surface area contributed by atoms with Crippen molar-refractivity contribution in [2.75, 3.05) is 13.1 Å². The zero-order valence-corrected chi connectivity index (χ0v) is 13.7. The van der Waals surface area contributed by atoms with Crippen LogP contribution in [0.2, 0.25) is 0 Å². The Hall–Kier alpha value is -2.21. The predicted molar refractivity (Wildman–Crippen MR) is 90.0 cm³/mol. The fraction of sp³-hybridized carbons (Fsp3) is 0.353. The van der Waals surface area contributed by atoms with E-state index in [9.17, 15) is 14.9 Å². The monoisotopic (exact) mass is 330 g/mol. The van der Waals surface area contributed by atoms with Gasteiger partial charge in [-0.1, -0.05) is 6.07 Å². The molecule has 0 atom stereocenters. The Bertz CT molecular complexity index is 719. The average molecular weight is 330 g/mol. The minimum Gasteiger partial charge on any atom is -0.339 e. The summed E-state index contributed by atoms with van der Waals surface area (Å²) in [5.74, 6) is 0.398. The predicted octanol–water partition coefficient (Wildman–Crippen LogP) is 3.98. The largest absolute Gasteiger partial charge is 0.339 e.